The number of hydrogen-bond donors (Lipinski definition) is 1. The van der Waals surface area contributed by atoms with Crippen LogP contribution >= 0.6 is 0 Å². The van der Waals surface area contributed by atoms with Crippen LogP contribution in [0.5, 0.6) is 0 Å². The number of benzene rings is 1. The van der Waals surface area contributed by atoms with Crippen LogP contribution in [0.4, 0.5) is 0 Å². The van der Waals surface area contributed by atoms with Gasteiger partial charge in [0.15, 0.2) is 0 Å². The van der Waals surface area contributed by atoms with E-state index < -0.39 is 0 Å². The predicted octanol–water partition coefficient (Wildman–Crippen LogP) is 2.46. The van der Waals surface area contributed by atoms with Crippen LogP contribution in [0.25, 0.3) is 0 Å². The van der Waals surface area contributed by atoms with E-state index in [1.165, 1.54) is 11.1 Å². The first-order valence-corrected chi connectivity index (χ1v) is 5.80. The van der Waals surface area contributed by atoms with Gasteiger partial charge in [0.1, 0.15) is 0 Å². The summed E-state index contributed by atoms with van der Waals surface area (Å²) in [4.78, 5) is 14.1. The van der Waals surface area contributed by atoms with E-state index in [1.54, 1.807) is 17.0 Å². The standard InChI is InChI=1S/C14H18N2O/c1-11-4-6-12(7-5-11)14(2,3)10-16-9-8-15-13(16)17/h4-9H,10H2,1-3H3,(H,15,17). The molecule has 0 aliphatic heterocycles. The highest BCUT2D eigenvalue weighted by Crippen LogP contribution is 2.24. The summed E-state index contributed by atoms with van der Waals surface area (Å²) in [5.74, 6) is 0. The van der Waals surface area contributed by atoms with E-state index in [0.717, 1.165) is 0 Å². The van der Waals surface area contributed by atoms with Crippen molar-refractivity contribution in [1.82, 2.24) is 9.55 Å². The highest BCUT2D eigenvalue weighted by Gasteiger charge is 2.21. The van der Waals surface area contributed by atoms with Crippen LogP contribution in [0.2, 0.25) is 0 Å². The molecule has 3 nitrogen and oxygen atoms in total. The smallest absolute Gasteiger partial charge is 0.313 e. The molecule has 0 aliphatic rings. The molecule has 0 fully saturated rings. The molecule has 0 amide bonds. The molecule has 1 aromatic carbocycles. The van der Waals surface area contributed by atoms with Crippen molar-refractivity contribution >= 4 is 0 Å². The van der Waals surface area contributed by atoms with Crippen molar-refractivity contribution in [2.75, 3.05) is 0 Å². The third-order valence-electron chi connectivity index (χ3n) is 3.12. The van der Waals surface area contributed by atoms with Gasteiger partial charge in [-0.15, -0.1) is 0 Å². The van der Waals surface area contributed by atoms with Crippen molar-refractivity contribution in [3.63, 3.8) is 0 Å². The minimum absolute atomic E-state index is 0.0508. The molecule has 3 heteroatoms. The van der Waals surface area contributed by atoms with E-state index in [1.807, 2.05) is 0 Å². The van der Waals surface area contributed by atoms with Gasteiger partial charge in [-0.05, 0) is 12.5 Å². The van der Waals surface area contributed by atoms with Gasteiger partial charge in [0.25, 0.3) is 0 Å². The van der Waals surface area contributed by atoms with Crippen LogP contribution in [0, 0.1) is 6.92 Å². The van der Waals surface area contributed by atoms with E-state index in [4.69, 9.17) is 0 Å². The van der Waals surface area contributed by atoms with Gasteiger partial charge in [0.05, 0.1) is 0 Å². The molecule has 2 rings (SSSR count). The molecule has 0 unspecified atom stereocenters. The van der Waals surface area contributed by atoms with Gasteiger partial charge < -0.3 is 4.98 Å². The lowest BCUT2D eigenvalue weighted by atomic mass is 9.84. The zero-order valence-corrected chi connectivity index (χ0v) is 10.5. The Hall–Kier alpha value is -1.77. The Balaban J connectivity index is 2.27. The lowest BCUT2D eigenvalue weighted by molar-refractivity contribution is 0.428. The van der Waals surface area contributed by atoms with Crippen molar-refractivity contribution in [1.29, 1.82) is 0 Å². The second kappa shape index (κ2) is 4.24. The second-order valence-electron chi connectivity index (χ2n) is 5.14. The van der Waals surface area contributed by atoms with Crippen LogP contribution in [0.15, 0.2) is 41.5 Å². The fraction of sp³-hybridized carbons (Fsp3) is 0.357. The fourth-order valence-corrected chi connectivity index (χ4v) is 2.00. The second-order valence-corrected chi connectivity index (χ2v) is 5.14. The number of nitrogens with one attached hydrogen (secondary N) is 1. The molecule has 90 valence electrons. The van der Waals surface area contributed by atoms with Crippen LogP contribution in [0.3, 0.4) is 0 Å². The molecule has 17 heavy (non-hydrogen) atoms. The SMILES string of the molecule is Cc1ccc(C(C)(C)Cn2cc[nH]c2=O)cc1. The van der Waals surface area contributed by atoms with Crippen molar-refractivity contribution < 1.29 is 0 Å². The Kier molecular flexibility index (Phi) is 2.92. The van der Waals surface area contributed by atoms with Crippen molar-refractivity contribution in [3.8, 4) is 0 Å². The average Bonchev–Trinajstić information content (AvgIpc) is 2.64. The van der Waals surface area contributed by atoms with E-state index in [-0.39, 0.29) is 11.1 Å². The molecule has 0 aliphatic carbocycles. The maximum atomic E-state index is 11.5. The largest absolute Gasteiger partial charge is 0.325 e. The average molecular weight is 230 g/mol. The number of aryl methyl sites for hydroxylation is 1. The van der Waals surface area contributed by atoms with E-state index in [0.29, 0.717) is 6.54 Å². The summed E-state index contributed by atoms with van der Waals surface area (Å²) in [5.41, 5.74) is 2.39. The van der Waals surface area contributed by atoms with Gasteiger partial charge in [-0.1, -0.05) is 43.7 Å². The first-order valence-electron chi connectivity index (χ1n) is 5.80. The summed E-state index contributed by atoms with van der Waals surface area (Å²) in [6, 6.07) is 8.48. The summed E-state index contributed by atoms with van der Waals surface area (Å²) in [6.07, 6.45) is 3.46. The molecule has 0 atom stereocenters. The quantitative estimate of drug-likeness (QED) is 0.864. The van der Waals surface area contributed by atoms with Crippen molar-refractivity contribution in [2.45, 2.75) is 32.7 Å². The molecule has 0 saturated carbocycles. The van der Waals surface area contributed by atoms with Crippen LogP contribution in [-0.4, -0.2) is 9.55 Å². The third-order valence-corrected chi connectivity index (χ3v) is 3.12. The lowest BCUT2D eigenvalue weighted by Crippen LogP contribution is -2.29. The fourth-order valence-electron chi connectivity index (χ4n) is 2.00. The molecular formula is C14H18N2O. The molecule has 2 aromatic rings. The molecule has 1 aromatic heterocycles. The Morgan fingerprint density at radius 3 is 2.41 bits per heavy atom. The number of H-pyrrole nitrogens is 1. The molecule has 0 saturated heterocycles. The van der Waals surface area contributed by atoms with E-state index >= 15 is 0 Å². The highest BCUT2D eigenvalue weighted by molar-refractivity contribution is 5.27. The van der Waals surface area contributed by atoms with Crippen LogP contribution < -0.4 is 5.69 Å². The number of hydrogen-bond acceptors (Lipinski definition) is 1. The topological polar surface area (TPSA) is 37.8 Å². The van der Waals surface area contributed by atoms with Gasteiger partial charge in [0.2, 0.25) is 0 Å². The Labute approximate surface area is 101 Å². The van der Waals surface area contributed by atoms with Crippen LogP contribution in [0.1, 0.15) is 25.0 Å². The number of aromatic amines is 1. The maximum absolute atomic E-state index is 11.5. The minimum Gasteiger partial charge on any atom is -0.313 e. The zero-order chi connectivity index (χ0) is 12.5. The summed E-state index contributed by atoms with van der Waals surface area (Å²) >= 11 is 0. The lowest BCUT2D eigenvalue weighted by Gasteiger charge is -2.25. The zero-order valence-electron chi connectivity index (χ0n) is 10.5. The summed E-state index contributed by atoms with van der Waals surface area (Å²) in [6.45, 7) is 7.06. The number of nitrogens with zero attached hydrogens (tertiary/aromatic N) is 1. The predicted molar refractivity (Wildman–Crippen MR) is 69.3 cm³/mol. The normalized spacial score (nSPS) is 11.7. The third kappa shape index (κ3) is 2.49. The first kappa shape index (κ1) is 11.7. The van der Waals surface area contributed by atoms with Crippen molar-refractivity contribution in [3.05, 3.63) is 58.3 Å². The Bertz CT molecular complexity index is 546. The molecular weight excluding hydrogens is 212 g/mol. The van der Waals surface area contributed by atoms with Crippen LogP contribution in [-0.2, 0) is 12.0 Å². The van der Waals surface area contributed by atoms with Crippen molar-refractivity contribution in [2.24, 2.45) is 0 Å². The van der Waals surface area contributed by atoms with Gasteiger partial charge in [-0.3, -0.25) is 4.57 Å². The monoisotopic (exact) mass is 230 g/mol. The number of rotatable bonds is 3. The molecule has 0 bridgehead atoms. The molecule has 0 radical (unpaired) electrons. The first-order chi connectivity index (χ1) is 7.99. The number of aromatic nitrogens is 2. The Morgan fingerprint density at radius 2 is 1.88 bits per heavy atom. The maximum Gasteiger partial charge on any atom is 0.325 e. The van der Waals surface area contributed by atoms with Gasteiger partial charge in [-0.2, -0.15) is 0 Å². The highest BCUT2D eigenvalue weighted by atomic mass is 16.1. The molecule has 0 spiro atoms. The summed E-state index contributed by atoms with van der Waals surface area (Å²) in [7, 11) is 0. The van der Waals surface area contributed by atoms with E-state index in [2.05, 4.69) is 50.0 Å². The minimum atomic E-state index is -0.0558. The van der Waals surface area contributed by atoms with Gasteiger partial charge in [0, 0.05) is 24.4 Å². The summed E-state index contributed by atoms with van der Waals surface area (Å²) in [5, 5.41) is 0. The number of imidazole rings is 1. The molecule has 1 N–H and O–H groups in total. The summed E-state index contributed by atoms with van der Waals surface area (Å²) < 4.78 is 1.71. The van der Waals surface area contributed by atoms with Gasteiger partial charge in [-0.25, -0.2) is 4.79 Å². The van der Waals surface area contributed by atoms with E-state index in [9.17, 15) is 4.79 Å². The molecule has 1 heterocycles. The van der Waals surface area contributed by atoms with Gasteiger partial charge >= 0.3 is 5.69 Å². The Morgan fingerprint density at radius 1 is 1.24 bits per heavy atom.